The van der Waals surface area contributed by atoms with Gasteiger partial charge in [0.15, 0.2) is 0 Å². The second-order valence-corrected chi connectivity index (χ2v) is 7.27. The van der Waals surface area contributed by atoms with Crippen LogP contribution in [0.4, 0.5) is 0 Å². The standard InChI is InChI=1S/C16H24N2OS/c1-11(2)17-9-10-18-15(19)13(4)20-16(18)14-7-5-12(3)6-8-14/h5-8,11,13,16-17H,9-10H2,1-4H3/p+1/t13-,16+/m0/s1. The lowest BCUT2D eigenvalue weighted by atomic mass is 10.1. The highest BCUT2D eigenvalue weighted by Gasteiger charge is 2.38. The van der Waals surface area contributed by atoms with Crippen LogP contribution in [-0.2, 0) is 4.79 Å². The molecule has 1 aliphatic heterocycles. The van der Waals surface area contributed by atoms with E-state index in [-0.39, 0.29) is 16.5 Å². The van der Waals surface area contributed by atoms with Crippen molar-refractivity contribution in [3.63, 3.8) is 0 Å². The topological polar surface area (TPSA) is 36.9 Å². The SMILES string of the molecule is Cc1ccc([C@H]2S[C@@H](C)C(=O)N2CC[NH2+]C(C)C)cc1. The number of carbonyl (C=O) groups is 1. The van der Waals surface area contributed by atoms with Crippen molar-refractivity contribution in [2.24, 2.45) is 0 Å². The molecule has 0 unspecified atom stereocenters. The number of quaternary nitrogens is 1. The molecule has 0 bridgehead atoms. The van der Waals surface area contributed by atoms with E-state index < -0.39 is 0 Å². The van der Waals surface area contributed by atoms with Crippen LogP contribution in [0, 0.1) is 6.92 Å². The molecule has 1 fully saturated rings. The fourth-order valence-corrected chi connectivity index (χ4v) is 3.75. The fourth-order valence-electron chi connectivity index (χ4n) is 2.44. The van der Waals surface area contributed by atoms with E-state index in [9.17, 15) is 4.79 Å². The maximum atomic E-state index is 12.3. The van der Waals surface area contributed by atoms with Gasteiger partial charge in [0, 0.05) is 0 Å². The van der Waals surface area contributed by atoms with Crippen LogP contribution in [0.2, 0.25) is 0 Å². The molecule has 1 aromatic rings. The van der Waals surface area contributed by atoms with Gasteiger partial charge in [-0.05, 0) is 33.3 Å². The van der Waals surface area contributed by atoms with Crippen molar-refractivity contribution in [3.8, 4) is 0 Å². The largest absolute Gasteiger partial charge is 0.343 e. The first-order valence-corrected chi connectivity index (χ1v) is 8.29. The van der Waals surface area contributed by atoms with Gasteiger partial charge >= 0.3 is 0 Å². The quantitative estimate of drug-likeness (QED) is 0.900. The van der Waals surface area contributed by atoms with E-state index in [2.05, 4.69) is 50.4 Å². The van der Waals surface area contributed by atoms with Crippen molar-refractivity contribution in [1.82, 2.24) is 4.90 Å². The van der Waals surface area contributed by atoms with E-state index in [0.717, 1.165) is 13.1 Å². The highest BCUT2D eigenvalue weighted by atomic mass is 32.2. The Morgan fingerprint density at radius 2 is 1.95 bits per heavy atom. The Hall–Kier alpha value is -1.00. The van der Waals surface area contributed by atoms with Crippen molar-refractivity contribution < 1.29 is 10.1 Å². The van der Waals surface area contributed by atoms with E-state index in [1.54, 1.807) is 11.8 Å². The number of benzene rings is 1. The normalized spacial score (nSPS) is 22.9. The molecule has 110 valence electrons. The molecule has 1 saturated heterocycles. The number of nitrogens with two attached hydrogens (primary N) is 1. The third kappa shape index (κ3) is 3.55. The predicted molar refractivity (Wildman–Crippen MR) is 84.6 cm³/mol. The molecule has 2 rings (SSSR count). The minimum Gasteiger partial charge on any atom is -0.343 e. The Balaban J connectivity index is 2.09. The molecule has 0 radical (unpaired) electrons. The summed E-state index contributed by atoms with van der Waals surface area (Å²) in [5.41, 5.74) is 2.50. The number of carbonyl (C=O) groups excluding carboxylic acids is 1. The molecule has 0 saturated carbocycles. The maximum absolute atomic E-state index is 12.3. The third-order valence-corrected chi connectivity index (χ3v) is 5.01. The zero-order valence-corrected chi connectivity index (χ0v) is 13.6. The molecular weight excluding hydrogens is 268 g/mol. The number of aryl methyl sites for hydroxylation is 1. The first kappa shape index (κ1) is 15.4. The molecule has 0 spiro atoms. The van der Waals surface area contributed by atoms with E-state index >= 15 is 0 Å². The lowest BCUT2D eigenvalue weighted by molar-refractivity contribution is -0.682. The minimum atomic E-state index is 0.0698. The van der Waals surface area contributed by atoms with E-state index in [1.807, 2.05) is 11.8 Å². The molecule has 1 aliphatic rings. The number of hydrogen-bond acceptors (Lipinski definition) is 2. The summed E-state index contributed by atoms with van der Waals surface area (Å²) in [6.45, 7) is 10.3. The van der Waals surface area contributed by atoms with E-state index in [1.165, 1.54) is 11.1 Å². The van der Waals surface area contributed by atoms with Gasteiger partial charge in [-0.3, -0.25) is 4.79 Å². The molecule has 2 atom stereocenters. The summed E-state index contributed by atoms with van der Waals surface area (Å²) in [7, 11) is 0. The molecular formula is C16H25N2OS+. The van der Waals surface area contributed by atoms with Crippen molar-refractivity contribution in [3.05, 3.63) is 35.4 Å². The lowest BCUT2D eigenvalue weighted by Gasteiger charge is -2.24. The van der Waals surface area contributed by atoms with Gasteiger partial charge in [0.1, 0.15) is 5.37 Å². The number of hydrogen-bond donors (Lipinski definition) is 1. The van der Waals surface area contributed by atoms with Crippen LogP contribution in [0.3, 0.4) is 0 Å². The average Bonchev–Trinajstić information content (AvgIpc) is 2.67. The zero-order chi connectivity index (χ0) is 14.7. The Morgan fingerprint density at radius 1 is 1.30 bits per heavy atom. The number of rotatable bonds is 5. The second kappa shape index (κ2) is 6.64. The molecule has 2 N–H and O–H groups in total. The maximum Gasteiger partial charge on any atom is 0.236 e. The number of thioether (sulfide) groups is 1. The summed E-state index contributed by atoms with van der Waals surface area (Å²) in [4.78, 5) is 14.4. The first-order chi connectivity index (χ1) is 9.49. The van der Waals surface area contributed by atoms with E-state index in [4.69, 9.17) is 0 Å². The molecule has 0 aromatic heterocycles. The molecule has 20 heavy (non-hydrogen) atoms. The smallest absolute Gasteiger partial charge is 0.236 e. The molecule has 1 amide bonds. The molecule has 4 heteroatoms. The van der Waals surface area contributed by atoms with Gasteiger partial charge in [-0.15, -0.1) is 11.8 Å². The van der Waals surface area contributed by atoms with Gasteiger partial charge in [0.05, 0.1) is 24.4 Å². The fraction of sp³-hybridized carbons (Fsp3) is 0.562. The highest BCUT2D eigenvalue weighted by molar-refractivity contribution is 8.01. The molecule has 1 aromatic carbocycles. The van der Waals surface area contributed by atoms with Crippen LogP contribution >= 0.6 is 11.8 Å². The lowest BCUT2D eigenvalue weighted by Crippen LogP contribution is -2.89. The van der Waals surface area contributed by atoms with Crippen LogP contribution in [0.5, 0.6) is 0 Å². The van der Waals surface area contributed by atoms with Crippen molar-refractivity contribution in [1.29, 1.82) is 0 Å². The van der Waals surface area contributed by atoms with Gasteiger partial charge in [0.2, 0.25) is 5.91 Å². The monoisotopic (exact) mass is 293 g/mol. The first-order valence-electron chi connectivity index (χ1n) is 7.35. The second-order valence-electron chi connectivity index (χ2n) is 5.84. The number of amides is 1. The summed E-state index contributed by atoms with van der Waals surface area (Å²) >= 11 is 1.76. The van der Waals surface area contributed by atoms with Gasteiger partial charge in [-0.2, -0.15) is 0 Å². The van der Waals surface area contributed by atoms with Crippen molar-refractivity contribution in [2.75, 3.05) is 13.1 Å². The third-order valence-electron chi connectivity index (χ3n) is 3.62. The van der Waals surface area contributed by atoms with Crippen molar-refractivity contribution >= 4 is 17.7 Å². The predicted octanol–water partition coefficient (Wildman–Crippen LogP) is 1.93. The number of nitrogens with zero attached hydrogens (tertiary/aromatic N) is 1. The van der Waals surface area contributed by atoms with Gasteiger partial charge < -0.3 is 10.2 Å². The Morgan fingerprint density at radius 3 is 2.55 bits per heavy atom. The van der Waals surface area contributed by atoms with Crippen LogP contribution in [-0.4, -0.2) is 35.2 Å². The minimum absolute atomic E-state index is 0.0698. The summed E-state index contributed by atoms with van der Waals surface area (Å²) in [6.07, 6.45) is 0. The highest BCUT2D eigenvalue weighted by Crippen LogP contribution is 2.42. The molecule has 1 heterocycles. The van der Waals surface area contributed by atoms with Crippen LogP contribution < -0.4 is 5.32 Å². The van der Waals surface area contributed by atoms with Crippen LogP contribution in [0.25, 0.3) is 0 Å². The Labute approximate surface area is 126 Å². The van der Waals surface area contributed by atoms with Gasteiger partial charge in [-0.1, -0.05) is 29.8 Å². The Bertz CT molecular complexity index is 458. The van der Waals surface area contributed by atoms with Gasteiger partial charge in [-0.25, -0.2) is 0 Å². The Kier molecular flexibility index (Phi) is 5.11. The summed E-state index contributed by atoms with van der Waals surface area (Å²) in [5, 5.41) is 2.53. The summed E-state index contributed by atoms with van der Waals surface area (Å²) < 4.78 is 0. The van der Waals surface area contributed by atoms with Gasteiger partial charge in [0.25, 0.3) is 0 Å². The van der Waals surface area contributed by atoms with Crippen LogP contribution in [0.15, 0.2) is 24.3 Å². The zero-order valence-electron chi connectivity index (χ0n) is 12.8. The molecule has 3 nitrogen and oxygen atoms in total. The van der Waals surface area contributed by atoms with Crippen LogP contribution in [0.1, 0.15) is 37.3 Å². The van der Waals surface area contributed by atoms with Crippen molar-refractivity contribution in [2.45, 2.75) is 44.4 Å². The summed E-state index contributed by atoms with van der Waals surface area (Å²) in [6, 6.07) is 9.13. The average molecular weight is 293 g/mol. The van der Waals surface area contributed by atoms with E-state index in [0.29, 0.717) is 6.04 Å². The summed E-state index contributed by atoms with van der Waals surface area (Å²) in [5.74, 6) is 0.276. The molecule has 0 aliphatic carbocycles.